The van der Waals surface area contributed by atoms with Gasteiger partial charge < -0.3 is 5.32 Å². The predicted molar refractivity (Wildman–Crippen MR) is 134 cm³/mol. The van der Waals surface area contributed by atoms with Crippen LogP contribution in [0.25, 0.3) is 0 Å². The van der Waals surface area contributed by atoms with Crippen LogP contribution in [-0.2, 0) is 9.59 Å². The van der Waals surface area contributed by atoms with Crippen LogP contribution in [0.4, 0.5) is 11.4 Å². The van der Waals surface area contributed by atoms with Crippen LogP contribution in [0.1, 0.15) is 27.9 Å². The monoisotopic (exact) mass is 498 g/mol. The molecule has 168 valence electrons. The Kier molecular flexibility index (Phi) is 6.79. The van der Waals surface area contributed by atoms with E-state index >= 15 is 0 Å². The van der Waals surface area contributed by atoms with Gasteiger partial charge in [-0.05, 0) is 79.6 Å². The van der Waals surface area contributed by atoms with Crippen molar-refractivity contribution < 1.29 is 14.4 Å². The maximum absolute atomic E-state index is 12.9. The van der Waals surface area contributed by atoms with Gasteiger partial charge in [0.25, 0.3) is 5.91 Å². The van der Waals surface area contributed by atoms with E-state index in [0.717, 1.165) is 16.0 Å². The topological polar surface area (TPSA) is 66.5 Å². The highest BCUT2D eigenvalue weighted by Crippen LogP contribution is 2.35. The third-order valence-electron chi connectivity index (χ3n) is 5.42. The van der Waals surface area contributed by atoms with Crippen molar-refractivity contribution in [3.05, 3.63) is 87.4 Å². The number of nitrogens with zero attached hydrogens (tertiary/aromatic N) is 1. The molecular formula is C25H20Cl2N2O3S. The van der Waals surface area contributed by atoms with Gasteiger partial charge in [0.1, 0.15) is 0 Å². The summed E-state index contributed by atoms with van der Waals surface area (Å²) >= 11 is 13.3. The Bertz CT molecular complexity index is 1260. The first-order valence-corrected chi connectivity index (χ1v) is 11.8. The Morgan fingerprint density at radius 1 is 0.970 bits per heavy atom. The molecule has 0 unspecified atom stereocenters. The minimum atomic E-state index is -0.493. The van der Waals surface area contributed by atoms with Crippen molar-refractivity contribution in [2.45, 2.75) is 30.4 Å². The normalized spacial score (nSPS) is 15.8. The van der Waals surface area contributed by atoms with E-state index in [2.05, 4.69) is 5.32 Å². The summed E-state index contributed by atoms with van der Waals surface area (Å²) in [6.45, 7) is 3.94. The molecule has 0 bridgehead atoms. The van der Waals surface area contributed by atoms with Gasteiger partial charge >= 0.3 is 0 Å². The third-order valence-corrected chi connectivity index (χ3v) is 7.17. The standard InChI is InChI=1S/C25H20Cl2N2O3S/c1-14-3-7-18(11-15(14)2)29-23(30)13-22(25(29)32)33-19-8-5-17(6-9-19)28-24(31)20-10-4-16(26)12-21(20)27/h3-12,22H,13H2,1-2H3,(H,28,31)/t22-/m0/s1. The summed E-state index contributed by atoms with van der Waals surface area (Å²) in [6.07, 6.45) is 0.143. The van der Waals surface area contributed by atoms with Crippen LogP contribution in [-0.4, -0.2) is 23.0 Å². The molecule has 1 N–H and O–H groups in total. The SMILES string of the molecule is Cc1ccc(N2C(=O)C[C@H](Sc3ccc(NC(=O)c4ccc(Cl)cc4Cl)cc3)C2=O)cc1C. The first-order valence-electron chi connectivity index (χ1n) is 10.2. The molecule has 5 nitrogen and oxygen atoms in total. The van der Waals surface area contributed by atoms with E-state index < -0.39 is 5.25 Å². The molecule has 3 aromatic rings. The van der Waals surface area contributed by atoms with E-state index in [1.165, 1.54) is 22.7 Å². The number of hydrogen-bond acceptors (Lipinski definition) is 4. The fourth-order valence-electron chi connectivity index (χ4n) is 3.49. The third kappa shape index (κ3) is 5.08. The highest BCUT2D eigenvalue weighted by atomic mass is 35.5. The lowest BCUT2D eigenvalue weighted by Crippen LogP contribution is -2.31. The number of anilines is 2. The molecule has 3 amide bonds. The summed E-state index contributed by atoms with van der Waals surface area (Å²) in [5, 5.41) is 3.02. The number of amides is 3. The molecule has 3 aromatic carbocycles. The van der Waals surface area contributed by atoms with Crippen LogP contribution in [0.2, 0.25) is 10.0 Å². The molecule has 1 heterocycles. The van der Waals surface area contributed by atoms with Gasteiger partial charge in [-0.1, -0.05) is 29.3 Å². The highest BCUT2D eigenvalue weighted by molar-refractivity contribution is 8.00. The minimum Gasteiger partial charge on any atom is -0.322 e. The number of halogens is 2. The molecule has 1 aliphatic rings. The Morgan fingerprint density at radius 2 is 1.70 bits per heavy atom. The second kappa shape index (κ2) is 9.59. The number of nitrogens with one attached hydrogen (secondary N) is 1. The van der Waals surface area contributed by atoms with E-state index in [0.29, 0.717) is 22.0 Å². The van der Waals surface area contributed by atoms with Gasteiger partial charge in [0.2, 0.25) is 11.8 Å². The van der Waals surface area contributed by atoms with E-state index in [1.807, 2.05) is 26.0 Å². The molecule has 1 aliphatic heterocycles. The van der Waals surface area contributed by atoms with Gasteiger partial charge in [-0.25, -0.2) is 4.90 Å². The molecule has 0 aromatic heterocycles. The number of imide groups is 1. The summed E-state index contributed by atoms with van der Waals surface area (Å²) in [5.41, 5.74) is 3.65. The van der Waals surface area contributed by atoms with Crippen molar-refractivity contribution in [1.82, 2.24) is 0 Å². The quantitative estimate of drug-likeness (QED) is 0.420. The zero-order chi connectivity index (χ0) is 23.7. The fourth-order valence-corrected chi connectivity index (χ4v) is 5.03. The van der Waals surface area contributed by atoms with Gasteiger partial charge in [0.15, 0.2) is 0 Å². The van der Waals surface area contributed by atoms with E-state index in [4.69, 9.17) is 23.2 Å². The maximum Gasteiger partial charge on any atom is 0.257 e. The molecule has 1 fully saturated rings. The number of rotatable bonds is 5. The lowest BCUT2D eigenvalue weighted by Gasteiger charge is -2.16. The van der Waals surface area contributed by atoms with Gasteiger partial charge in [0.05, 0.1) is 21.5 Å². The van der Waals surface area contributed by atoms with Crippen molar-refractivity contribution in [3.63, 3.8) is 0 Å². The molecule has 4 rings (SSSR count). The molecule has 0 spiro atoms. The summed E-state index contributed by atoms with van der Waals surface area (Å²) in [7, 11) is 0. The van der Waals surface area contributed by atoms with Crippen molar-refractivity contribution in [2.24, 2.45) is 0 Å². The first kappa shape index (κ1) is 23.4. The largest absolute Gasteiger partial charge is 0.322 e. The average molecular weight is 499 g/mol. The second-order valence-corrected chi connectivity index (χ2v) is 9.87. The number of carbonyl (C=O) groups excluding carboxylic acids is 3. The van der Waals surface area contributed by atoms with Crippen LogP contribution in [0.15, 0.2) is 65.6 Å². The van der Waals surface area contributed by atoms with Gasteiger partial charge in [-0.2, -0.15) is 0 Å². The van der Waals surface area contributed by atoms with E-state index in [9.17, 15) is 14.4 Å². The minimum absolute atomic E-state index is 0.143. The molecule has 0 aliphatic carbocycles. The van der Waals surface area contributed by atoms with Crippen LogP contribution < -0.4 is 10.2 Å². The lowest BCUT2D eigenvalue weighted by molar-refractivity contribution is -0.121. The fraction of sp³-hybridized carbons (Fsp3) is 0.160. The van der Waals surface area contributed by atoms with Crippen LogP contribution in [0, 0.1) is 13.8 Å². The molecule has 0 saturated carbocycles. The Labute approximate surface area is 206 Å². The zero-order valence-corrected chi connectivity index (χ0v) is 20.2. The van der Waals surface area contributed by atoms with Crippen molar-refractivity contribution in [1.29, 1.82) is 0 Å². The van der Waals surface area contributed by atoms with Crippen LogP contribution >= 0.6 is 35.0 Å². The molecule has 8 heteroatoms. The van der Waals surface area contributed by atoms with Crippen molar-refractivity contribution in [2.75, 3.05) is 10.2 Å². The Morgan fingerprint density at radius 3 is 2.36 bits per heavy atom. The maximum atomic E-state index is 12.9. The van der Waals surface area contributed by atoms with Gasteiger partial charge in [-0.3, -0.25) is 14.4 Å². The number of benzene rings is 3. The number of aryl methyl sites for hydroxylation is 2. The summed E-state index contributed by atoms with van der Waals surface area (Å²) in [6, 6.07) is 17.4. The van der Waals surface area contributed by atoms with Crippen LogP contribution in [0.5, 0.6) is 0 Å². The zero-order valence-electron chi connectivity index (χ0n) is 17.9. The molecule has 1 atom stereocenters. The second-order valence-electron chi connectivity index (χ2n) is 7.75. The van der Waals surface area contributed by atoms with Gasteiger partial charge in [-0.15, -0.1) is 11.8 Å². The average Bonchev–Trinajstić information content (AvgIpc) is 3.04. The van der Waals surface area contributed by atoms with E-state index in [1.54, 1.807) is 42.5 Å². The smallest absolute Gasteiger partial charge is 0.257 e. The van der Waals surface area contributed by atoms with Crippen molar-refractivity contribution >= 4 is 64.1 Å². The summed E-state index contributed by atoms with van der Waals surface area (Å²) in [4.78, 5) is 40.1. The predicted octanol–water partition coefficient (Wildman–Crippen LogP) is 6.29. The Balaban J connectivity index is 1.42. The van der Waals surface area contributed by atoms with Crippen molar-refractivity contribution in [3.8, 4) is 0 Å². The summed E-state index contributed by atoms with van der Waals surface area (Å²) < 4.78 is 0. The number of carbonyl (C=O) groups is 3. The molecule has 1 saturated heterocycles. The molecular weight excluding hydrogens is 479 g/mol. The number of hydrogen-bond donors (Lipinski definition) is 1. The Hall–Kier alpha value is -2.80. The summed E-state index contributed by atoms with van der Waals surface area (Å²) in [5.74, 6) is -0.773. The van der Waals surface area contributed by atoms with Gasteiger partial charge in [0, 0.05) is 22.0 Å². The molecule has 33 heavy (non-hydrogen) atoms. The molecule has 0 radical (unpaired) electrons. The number of thioether (sulfide) groups is 1. The first-order chi connectivity index (χ1) is 15.7. The van der Waals surface area contributed by atoms with E-state index in [-0.39, 0.29) is 29.2 Å². The van der Waals surface area contributed by atoms with Crippen LogP contribution in [0.3, 0.4) is 0 Å². The lowest BCUT2D eigenvalue weighted by atomic mass is 10.1. The highest BCUT2D eigenvalue weighted by Gasteiger charge is 2.40.